The number of hydrogen-bond donors (Lipinski definition) is 1. The van der Waals surface area contributed by atoms with E-state index in [9.17, 15) is 19.2 Å². The molecular formula is C13H19NO9. The van der Waals surface area contributed by atoms with Gasteiger partial charge in [0.1, 0.15) is 69.9 Å². The molecule has 10 heteroatoms. The van der Waals surface area contributed by atoms with E-state index in [1.807, 2.05) is 0 Å². The molecule has 130 valence electrons. The second-order valence-electron chi connectivity index (χ2n) is 4.32. The Hall–Kier alpha value is -1.56. The van der Waals surface area contributed by atoms with Crippen LogP contribution in [0.25, 0.3) is 0 Å². The maximum atomic E-state index is 10.6. The summed E-state index contributed by atoms with van der Waals surface area (Å²) in [5, 5.41) is 0. The predicted octanol–water partition coefficient (Wildman–Crippen LogP) is -2.18. The van der Waals surface area contributed by atoms with Crippen LogP contribution in [0.5, 0.6) is 0 Å². The Morgan fingerprint density at radius 1 is 0.826 bits per heavy atom. The van der Waals surface area contributed by atoms with Gasteiger partial charge < -0.3 is 38.1 Å². The molecule has 1 aliphatic rings. The van der Waals surface area contributed by atoms with Crippen molar-refractivity contribution in [3.8, 4) is 0 Å². The van der Waals surface area contributed by atoms with Gasteiger partial charge in [-0.05, 0) is 0 Å². The molecule has 0 bridgehead atoms. The summed E-state index contributed by atoms with van der Waals surface area (Å²) >= 11 is 0. The van der Waals surface area contributed by atoms with E-state index >= 15 is 0 Å². The zero-order valence-corrected chi connectivity index (χ0v) is 12.3. The first-order valence-electron chi connectivity index (χ1n) is 6.86. The number of rotatable bonds is 13. The van der Waals surface area contributed by atoms with Gasteiger partial charge in [-0.3, -0.25) is 4.84 Å². The number of hydroxylamine groups is 1. The largest absolute Gasteiger partial charge is 0.366 e. The van der Waals surface area contributed by atoms with Gasteiger partial charge in [0.15, 0.2) is 6.23 Å². The number of nitrogens with one attached hydrogen (secondary N) is 1. The first-order chi connectivity index (χ1) is 11.3. The highest BCUT2D eigenvalue weighted by molar-refractivity contribution is 5.51. The van der Waals surface area contributed by atoms with Crippen LogP contribution in [0.3, 0.4) is 0 Å². The summed E-state index contributed by atoms with van der Waals surface area (Å²) < 4.78 is 21.5. The van der Waals surface area contributed by atoms with E-state index in [0.717, 1.165) is 0 Å². The van der Waals surface area contributed by atoms with Crippen LogP contribution in [0.1, 0.15) is 0 Å². The van der Waals surface area contributed by atoms with Gasteiger partial charge in [0.05, 0.1) is 6.61 Å². The Kier molecular flexibility index (Phi) is 10.1. The molecule has 1 aliphatic heterocycles. The standard InChI is InChI=1S/C13H19NO9/c15-1-5-19-10-9-22-13(14-23-8-4-18)12(21-7-3-17)11(10)20-6-2-16/h1-4,10-14H,5-9H2/t10-,11?,12-,13?/m1/s1. The van der Waals surface area contributed by atoms with Crippen LogP contribution in [0.15, 0.2) is 0 Å². The van der Waals surface area contributed by atoms with Crippen LogP contribution in [-0.4, -0.2) is 82.7 Å². The van der Waals surface area contributed by atoms with Crippen molar-refractivity contribution in [1.82, 2.24) is 5.48 Å². The molecule has 10 nitrogen and oxygen atoms in total. The van der Waals surface area contributed by atoms with Crippen molar-refractivity contribution < 1.29 is 43.0 Å². The highest BCUT2D eigenvalue weighted by Crippen LogP contribution is 2.22. The lowest BCUT2D eigenvalue weighted by Gasteiger charge is -2.41. The summed E-state index contributed by atoms with van der Waals surface area (Å²) in [5.41, 5.74) is 2.48. The summed E-state index contributed by atoms with van der Waals surface area (Å²) in [7, 11) is 0. The summed E-state index contributed by atoms with van der Waals surface area (Å²) in [4.78, 5) is 46.7. The molecule has 0 saturated carbocycles. The van der Waals surface area contributed by atoms with Crippen LogP contribution < -0.4 is 5.48 Å². The van der Waals surface area contributed by atoms with Gasteiger partial charge in [0, 0.05) is 0 Å². The molecule has 0 amide bonds. The topological polar surface area (TPSA) is 126 Å². The molecule has 0 aromatic carbocycles. The highest BCUT2D eigenvalue weighted by atomic mass is 16.7. The molecule has 1 rings (SSSR count). The minimum absolute atomic E-state index is 0.0282. The van der Waals surface area contributed by atoms with E-state index in [2.05, 4.69) is 5.48 Å². The summed E-state index contributed by atoms with van der Waals surface area (Å²) in [6.45, 7) is -0.851. The third kappa shape index (κ3) is 6.60. The molecule has 1 fully saturated rings. The fourth-order valence-electron chi connectivity index (χ4n) is 2.03. The average molecular weight is 333 g/mol. The van der Waals surface area contributed by atoms with E-state index in [1.54, 1.807) is 0 Å². The fourth-order valence-corrected chi connectivity index (χ4v) is 2.03. The molecule has 1 saturated heterocycles. The van der Waals surface area contributed by atoms with E-state index in [4.69, 9.17) is 23.8 Å². The van der Waals surface area contributed by atoms with Gasteiger partial charge >= 0.3 is 0 Å². The summed E-state index contributed by atoms with van der Waals surface area (Å²) in [5.74, 6) is 0. The predicted molar refractivity (Wildman–Crippen MR) is 72.3 cm³/mol. The van der Waals surface area contributed by atoms with Gasteiger partial charge in [-0.25, -0.2) is 0 Å². The van der Waals surface area contributed by atoms with Crippen molar-refractivity contribution in [3.05, 3.63) is 0 Å². The molecule has 1 N–H and O–H groups in total. The summed E-state index contributed by atoms with van der Waals surface area (Å²) in [6, 6.07) is 0. The van der Waals surface area contributed by atoms with E-state index < -0.39 is 24.5 Å². The molecule has 2 unspecified atom stereocenters. The van der Waals surface area contributed by atoms with E-state index in [-0.39, 0.29) is 33.0 Å². The molecule has 1 heterocycles. The van der Waals surface area contributed by atoms with Gasteiger partial charge in [0.25, 0.3) is 0 Å². The molecule has 0 radical (unpaired) electrons. The summed E-state index contributed by atoms with van der Waals surface area (Å²) in [6.07, 6.45) is -1.00. The normalized spacial score (nSPS) is 27.3. The lowest BCUT2D eigenvalue weighted by molar-refractivity contribution is -0.252. The van der Waals surface area contributed by atoms with Crippen LogP contribution in [-0.2, 0) is 43.0 Å². The highest BCUT2D eigenvalue weighted by Gasteiger charge is 2.43. The zero-order valence-electron chi connectivity index (χ0n) is 12.3. The number of hydrogen-bond acceptors (Lipinski definition) is 10. The van der Waals surface area contributed by atoms with Gasteiger partial charge in [-0.1, -0.05) is 0 Å². The van der Waals surface area contributed by atoms with Crippen LogP contribution >= 0.6 is 0 Å². The lowest BCUT2D eigenvalue weighted by atomic mass is 10.0. The third-order valence-corrected chi connectivity index (χ3v) is 2.87. The number of ether oxygens (including phenoxy) is 4. The Labute approximate surface area is 132 Å². The lowest BCUT2D eigenvalue weighted by Crippen LogP contribution is -2.60. The number of carbonyl (C=O) groups is 4. The minimum Gasteiger partial charge on any atom is -0.366 e. The molecule has 0 aromatic heterocycles. The smallest absolute Gasteiger partial charge is 0.159 e. The number of aldehydes is 4. The Balaban J connectivity index is 2.79. The maximum absolute atomic E-state index is 10.6. The quantitative estimate of drug-likeness (QED) is 0.226. The van der Waals surface area contributed by atoms with Gasteiger partial charge in [-0.2, -0.15) is 5.48 Å². The second kappa shape index (κ2) is 11.9. The van der Waals surface area contributed by atoms with Crippen LogP contribution in [0.2, 0.25) is 0 Å². The average Bonchev–Trinajstić information content (AvgIpc) is 2.57. The third-order valence-electron chi connectivity index (χ3n) is 2.87. The Bertz CT molecular complexity index is 378. The van der Waals surface area contributed by atoms with Crippen molar-refractivity contribution in [2.24, 2.45) is 0 Å². The first kappa shape index (κ1) is 19.5. The van der Waals surface area contributed by atoms with E-state index in [1.165, 1.54) is 0 Å². The van der Waals surface area contributed by atoms with Crippen molar-refractivity contribution in [3.63, 3.8) is 0 Å². The molecule has 0 aromatic rings. The minimum atomic E-state index is -0.864. The van der Waals surface area contributed by atoms with Gasteiger partial charge in [-0.15, -0.1) is 0 Å². The van der Waals surface area contributed by atoms with Gasteiger partial charge in [0.2, 0.25) is 0 Å². The van der Waals surface area contributed by atoms with Crippen LogP contribution in [0, 0.1) is 0 Å². The van der Waals surface area contributed by atoms with Crippen LogP contribution in [0.4, 0.5) is 0 Å². The maximum Gasteiger partial charge on any atom is 0.159 e. The zero-order chi connectivity index (χ0) is 16.9. The molecule has 4 atom stereocenters. The fraction of sp³-hybridized carbons (Fsp3) is 0.692. The monoisotopic (exact) mass is 333 g/mol. The molecular weight excluding hydrogens is 314 g/mol. The first-order valence-corrected chi connectivity index (χ1v) is 6.86. The second-order valence-corrected chi connectivity index (χ2v) is 4.32. The molecule has 0 spiro atoms. The Morgan fingerprint density at radius 2 is 1.39 bits per heavy atom. The van der Waals surface area contributed by atoms with Crippen molar-refractivity contribution in [1.29, 1.82) is 0 Å². The molecule has 23 heavy (non-hydrogen) atoms. The van der Waals surface area contributed by atoms with Crippen molar-refractivity contribution in [2.45, 2.75) is 24.5 Å². The number of carbonyl (C=O) groups excluding carboxylic acids is 4. The SMILES string of the molecule is O=CCONC1OC[C@@H](OCC=O)C(OCC=O)[C@H]1OCC=O. The van der Waals surface area contributed by atoms with Crippen molar-refractivity contribution >= 4 is 25.1 Å². The van der Waals surface area contributed by atoms with Crippen molar-refractivity contribution in [2.75, 3.05) is 33.0 Å². The molecule has 0 aliphatic carbocycles. The van der Waals surface area contributed by atoms with E-state index in [0.29, 0.717) is 25.1 Å². The Morgan fingerprint density at radius 3 is 2.00 bits per heavy atom.